The Labute approximate surface area is 240 Å². The first-order valence-electron chi connectivity index (χ1n) is 12.7. The number of aromatic nitrogens is 1. The van der Waals surface area contributed by atoms with Crippen molar-refractivity contribution in [3.63, 3.8) is 0 Å². The van der Waals surface area contributed by atoms with Crippen LogP contribution in [0.15, 0.2) is 80.7 Å². The summed E-state index contributed by atoms with van der Waals surface area (Å²) < 4.78 is 25.1. The number of hydrogen-bond donors (Lipinski definition) is 1. The highest BCUT2D eigenvalue weighted by atomic mass is 79.9. The molecule has 0 saturated carbocycles. The Morgan fingerprint density at radius 3 is 2.48 bits per heavy atom. The maximum absolute atomic E-state index is 12.6. The predicted molar refractivity (Wildman–Crippen MR) is 154 cm³/mol. The Morgan fingerprint density at radius 2 is 1.77 bits per heavy atom. The van der Waals surface area contributed by atoms with Gasteiger partial charge in [-0.15, -0.1) is 0 Å². The van der Waals surface area contributed by atoms with Crippen molar-refractivity contribution in [3.05, 3.63) is 99.7 Å². The molecule has 1 atom stereocenters. The molecule has 4 rings (SSSR count). The lowest BCUT2D eigenvalue weighted by Crippen LogP contribution is -2.26. The van der Waals surface area contributed by atoms with Crippen LogP contribution in [0.3, 0.4) is 0 Å². The zero-order valence-corrected chi connectivity index (χ0v) is 24.2. The number of benzene rings is 2. The summed E-state index contributed by atoms with van der Waals surface area (Å²) in [5, 5.41) is 4.02. The van der Waals surface area contributed by atoms with E-state index in [1.807, 2.05) is 24.3 Å². The predicted octanol–water partition coefficient (Wildman–Crippen LogP) is 6.12. The minimum absolute atomic E-state index is 0.0892. The third kappa shape index (κ3) is 7.20. The van der Waals surface area contributed by atoms with Crippen molar-refractivity contribution in [1.82, 2.24) is 9.99 Å². The van der Waals surface area contributed by atoms with Crippen molar-refractivity contribution >= 4 is 34.0 Å². The first kappa shape index (κ1) is 28.7. The summed E-state index contributed by atoms with van der Waals surface area (Å²) in [5.41, 5.74) is 6.36. The van der Waals surface area contributed by atoms with Crippen LogP contribution in [0.1, 0.15) is 47.1 Å². The van der Waals surface area contributed by atoms with E-state index < -0.39 is 18.0 Å². The lowest BCUT2D eigenvalue weighted by Gasteiger charge is -2.15. The van der Waals surface area contributed by atoms with Crippen LogP contribution in [-0.2, 0) is 16.1 Å². The molecule has 2 heterocycles. The summed E-state index contributed by atoms with van der Waals surface area (Å²) in [7, 11) is 0. The van der Waals surface area contributed by atoms with Gasteiger partial charge in [-0.05, 0) is 94.4 Å². The second-order valence-electron chi connectivity index (χ2n) is 8.89. The van der Waals surface area contributed by atoms with Crippen LogP contribution in [0.5, 0.6) is 11.5 Å². The molecule has 10 heteroatoms. The number of aryl methyl sites for hydroxylation is 2. The molecule has 9 nitrogen and oxygen atoms in total. The van der Waals surface area contributed by atoms with E-state index in [2.05, 4.69) is 57.0 Å². The highest BCUT2D eigenvalue weighted by Crippen LogP contribution is 2.24. The molecule has 4 aromatic rings. The molecule has 0 aliphatic carbocycles. The number of esters is 1. The molecule has 2 aromatic heterocycles. The number of carbonyl (C=O) groups is 2. The summed E-state index contributed by atoms with van der Waals surface area (Å²) in [6.07, 6.45) is 0.612. The molecule has 1 N–H and O–H groups in total. The summed E-state index contributed by atoms with van der Waals surface area (Å²) in [6, 6.07) is 20.4. The van der Waals surface area contributed by atoms with E-state index in [-0.39, 0.29) is 19.0 Å². The highest BCUT2D eigenvalue weighted by molar-refractivity contribution is 9.10. The lowest BCUT2D eigenvalue weighted by molar-refractivity contribution is -0.150. The Morgan fingerprint density at radius 1 is 1.05 bits per heavy atom. The Bertz CT molecular complexity index is 1490. The molecule has 0 aliphatic rings. The number of ether oxygens (including phenoxy) is 3. The summed E-state index contributed by atoms with van der Waals surface area (Å²) in [5.74, 6) is 0.672. The second kappa shape index (κ2) is 13.2. The number of nitrogens with zero attached hydrogens (tertiary/aromatic N) is 2. The Kier molecular flexibility index (Phi) is 9.44. The van der Waals surface area contributed by atoms with E-state index in [9.17, 15) is 9.59 Å². The van der Waals surface area contributed by atoms with Crippen LogP contribution in [0.4, 0.5) is 0 Å². The number of carbonyl (C=O) groups excluding carboxylic acids is 2. The van der Waals surface area contributed by atoms with E-state index in [1.165, 1.54) is 6.21 Å². The molecule has 0 unspecified atom stereocenters. The normalized spacial score (nSPS) is 11.8. The fourth-order valence-electron chi connectivity index (χ4n) is 3.94. The summed E-state index contributed by atoms with van der Waals surface area (Å²) in [6.45, 7) is 7.88. The molecule has 208 valence electrons. The van der Waals surface area contributed by atoms with Gasteiger partial charge in [0.2, 0.25) is 0 Å². The van der Waals surface area contributed by atoms with Crippen molar-refractivity contribution in [2.24, 2.45) is 5.10 Å². The molecule has 40 heavy (non-hydrogen) atoms. The number of amides is 1. The van der Waals surface area contributed by atoms with Crippen LogP contribution in [0.25, 0.3) is 5.69 Å². The number of furan rings is 1. The van der Waals surface area contributed by atoms with Crippen molar-refractivity contribution in [1.29, 1.82) is 0 Å². The number of hydrogen-bond acceptors (Lipinski definition) is 7. The maximum atomic E-state index is 12.6. The van der Waals surface area contributed by atoms with E-state index in [0.717, 1.165) is 21.5 Å². The SMILES string of the molecule is CCOC(=O)[C@H](C)Oc1ccc(Br)cc1/C=N/NC(=O)c1ccc(COc2ccc(-n3c(C)ccc3C)cc2)o1. The number of rotatable bonds is 11. The molecule has 0 spiro atoms. The van der Waals surface area contributed by atoms with Gasteiger partial charge in [-0.3, -0.25) is 4.79 Å². The average Bonchev–Trinajstić information content (AvgIpc) is 3.55. The highest BCUT2D eigenvalue weighted by Gasteiger charge is 2.17. The smallest absolute Gasteiger partial charge is 0.347 e. The van der Waals surface area contributed by atoms with Gasteiger partial charge >= 0.3 is 11.9 Å². The third-order valence-corrected chi connectivity index (χ3v) is 6.39. The third-order valence-electron chi connectivity index (χ3n) is 5.90. The quantitative estimate of drug-likeness (QED) is 0.125. The van der Waals surface area contributed by atoms with E-state index in [1.54, 1.807) is 44.2 Å². The van der Waals surface area contributed by atoms with E-state index in [0.29, 0.717) is 22.8 Å². The molecular weight excluding hydrogens is 578 g/mol. The van der Waals surface area contributed by atoms with Crippen LogP contribution < -0.4 is 14.9 Å². The van der Waals surface area contributed by atoms with E-state index in [4.69, 9.17) is 18.6 Å². The summed E-state index contributed by atoms with van der Waals surface area (Å²) >= 11 is 3.40. The fraction of sp³-hybridized carbons (Fsp3) is 0.233. The van der Waals surface area contributed by atoms with Gasteiger partial charge in [0.1, 0.15) is 23.9 Å². The molecule has 0 radical (unpaired) electrons. The summed E-state index contributed by atoms with van der Waals surface area (Å²) in [4.78, 5) is 24.5. The Hall–Kier alpha value is -4.31. The van der Waals surface area contributed by atoms with Crippen molar-refractivity contribution in [2.75, 3.05) is 6.61 Å². The van der Waals surface area contributed by atoms with Crippen molar-refractivity contribution < 1.29 is 28.2 Å². The fourth-order valence-corrected chi connectivity index (χ4v) is 4.32. The van der Waals surface area contributed by atoms with Crippen LogP contribution in [0, 0.1) is 13.8 Å². The molecule has 0 bridgehead atoms. The largest absolute Gasteiger partial charge is 0.486 e. The zero-order chi connectivity index (χ0) is 28.6. The number of nitrogens with one attached hydrogen (secondary N) is 1. The first-order valence-corrected chi connectivity index (χ1v) is 13.5. The molecular formula is C30H30BrN3O6. The average molecular weight is 608 g/mol. The van der Waals surface area contributed by atoms with E-state index >= 15 is 0 Å². The van der Waals surface area contributed by atoms with Gasteiger partial charge < -0.3 is 23.2 Å². The first-order chi connectivity index (χ1) is 19.2. The second-order valence-corrected chi connectivity index (χ2v) is 9.81. The lowest BCUT2D eigenvalue weighted by atomic mass is 10.2. The van der Waals surface area contributed by atoms with Crippen LogP contribution in [-0.4, -0.2) is 35.4 Å². The minimum atomic E-state index is -0.808. The van der Waals surface area contributed by atoms with Crippen molar-refractivity contribution in [2.45, 2.75) is 40.4 Å². The number of hydrazone groups is 1. The van der Waals surface area contributed by atoms with Crippen LogP contribution >= 0.6 is 15.9 Å². The topological polar surface area (TPSA) is 104 Å². The van der Waals surface area contributed by atoms with Gasteiger partial charge in [0, 0.05) is 27.1 Å². The maximum Gasteiger partial charge on any atom is 0.347 e. The van der Waals surface area contributed by atoms with Gasteiger partial charge in [0.25, 0.3) is 0 Å². The van der Waals surface area contributed by atoms with Gasteiger partial charge in [-0.2, -0.15) is 5.10 Å². The molecule has 1 amide bonds. The van der Waals surface area contributed by atoms with Gasteiger partial charge in [0.15, 0.2) is 11.9 Å². The van der Waals surface area contributed by atoms with Crippen LogP contribution in [0.2, 0.25) is 0 Å². The monoisotopic (exact) mass is 607 g/mol. The standard InChI is InChI=1S/C30H30BrN3O6/c1-5-37-30(36)21(4)39-27-14-8-23(31)16-22(27)17-32-33-29(35)28-15-13-26(40-28)18-38-25-11-9-24(10-12-25)34-19(2)6-7-20(34)3/h6-17,21H,5,18H2,1-4H3,(H,33,35)/b32-17+/t21-/m0/s1. The molecule has 0 aliphatic heterocycles. The number of halogens is 1. The molecule has 2 aromatic carbocycles. The van der Waals surface area contributed by atoms with Gasteiger partial charge in [0.05, 0.1) is 12.8 Å². The minimum Gasteiger partial charge on any atom is -0.486 e. The van der Waals surface area contributed by atoms with Gasteiger partial charge in [-0.1, -0.05) is 15.9 Å². The van der Waals surface area contributed by atoms with Crippen molar-refractivity contribution in [3.8, 4) is 17.2 Å². The van der Waals surface area contributed by atoms with Gasteiger partial charge in [-0.25, -0.2) is 10.2 Å². The zero-order valence-electron chi connectivity index (χ0n) is 22.6. The molecule has 0 fully saturated rings. The molecule has 0 saturated heterocycles. The Balaban J connectivity index is 1.32.